The van der Waals surface area contributed by atoms with Crippen molar-refractivity contribution < 1.29 is 53.9 Å². The van der Waals surface area contributed by atoms with Gasteiger partial charge in [-0.15, -0.1) is 0 Å². The van der Waals surface area contributed by atoms with Gasteiger partial charge < -0.3 is 51.6 Å². The highest BCUT2D eigenvalue weighted by molar-refractivity contribution is 5.91. The summed E-state index contributed by atoms with van der Waals surface area (Å²) in [6.07, 6.45) is -7.62. The molecule has 8 atom stereocenters. The van der Waals surface area contributed by atoms with Crippen LogP contribution in [0, 0.1) is 0 Å². The topological polar surface area (TPSA) is 247 Å². The average molecular weight is 492 g/mol. The largest absolute Gasteiger partial charge is 0.480 e. The standard InChI is InChI=1S/C19H32N4O11/c1-7(16(28)23-10(18(30)31)4-5-12(20)26)21-17(29)8(2)33-15-13(22-9(3)25)19(32)34-11(6-24)14(15)27/h7-8,10-11,13-15,19,24,27,32H,4-6H2,1-3H3,(H2,20,26)(H,21,29)(H,22,25)(H,23,28)(H,30,31)/t7-,8?,10+,11+,13+,14+,15+,19-/m0/s1. The molecule has 15 nitrogen and oxygen atoms in total. The summed E-state index contributed by atoms with van der Waals surface area (Å²) in [6.45, 7) is 3.03. The van der Waals surface area contributed by atoms with Crippen molar-refractivity contribution >= 4 is 29.6 Å². The Morgan fingerprint density at radius 2 is 1.71 bits per heavy atom. The molecular weight excluding hydrogens is 460 g/mol. The van der Waals surface area contributed by atoms with Crippen molar-refractivity contribution in [2.24, 2.45) is 5.73 Å². The van der Waals surface area contributed by atoms with Crippen LogP contribution in [0.1, 0.15) is 33.6 Å². The van der Waals surface area contributed by atoms with Gasteiger partial charge in [0.2, 0.25) is 23.6 Å². The Bertz CT molecular complexity index is 765. The van der Waals surface area contributed by atoms with Gasteiger partial charge in [-0.05, 0) is 20.3 Å². The Kier molecular flexibility index (Phi) is 11.3. The SMILES string of the molecule is CC(=O)N[C@@H]1[C@@H](OC(C)C(=O)N[C@@H](C)C(=O)N[C@H](CCC(N)=O)C(=O)O)[C@H](O)[C@@H](CO)O[C@@H]1O. The summed E-state index contributed by atoms with van der Waals surface area (Å²) >= 11 is 0. The van der Waals surface area contributed by atoms with E-state index < -0.39 is 85.0 Å². The number of nitrogens with two attached hydrogens (primary N) is 1. The van der Waals surface area contributed by atoms with E-state index in [1.165, 1.54) is 13.8 Å². The zero-order valence-corrected chi connectivity index (χ0v) is 19.0. The number of ether oxygens (including phenoxy) is 2. The Labute approximate surface area is 195 Å². The van der Waals surface area contributed by atoms with Crippen molar-refractivity contribution in [2.45, 2.75) is 82.4 Å². The van der Waals surface area contributed by atoms with Crippen LogP contribution in [-0.2, 0) is 33.4 Å². The van der Waals surface area contributed by atoms with Crippen LogP contribution in [0.5, 0.6) is 0 Å². The maximum absolute atomic E-state index is 12.5. The number of rotatable bonds is 12. The third kappa shape index (κ3) is 8.49. The summed E-state index contributed by atoms with van der Waals surface area (Å²) in [5.74, 6) is -4.39. The number of hydrogen-bond donors (Lipinski definition) is 8. The monoisotopic (exact) mass is 492 g/mol. The van der Waals surface area contributed by atoms with Gasteiger partial charge in [-0.2, -0.15) is 0 Å². The first kappa shape index (κ1) is 29.2. The molecule has 34 heavy (non-hydrogen) atoms. The van der Waals surface area contributed by atoms with Gasteiger partial charge in [-0.25, -0.2) is 4.79 Å². The Hall–Kier alpha value is -2.85. The normalized spacial score (nSPS) is 27.1. The van der Waals surface area contributed by atoms with Gasteiger partial charge in [0.1, 0.15) is 42.5 Å². The zero-order valence-electron chi connectivity index (χ0n) is 19.0. The van der Waals surface area contributed by atoms with E-state index in [9.17, 15) is 39.3 Å². The Morgan fingerprint density at radius 3 is 2.21 bits per heavy atom. The third-order valence-electron chi connectivity index (χ3n) is 5.02. The molecule has 0 spiro atoms. The molecule has 194 valence electrons. The van der Waals surface area contributed by atoms with Gasteiger partial charge in [0.25, 0.3) is 0 Å². The second-order valence-corrected chi connectivity index (χ2v) is 7.84. The van der Waals surface area contributed by atoms with Crippen LogP contribution in [0.15, 0.2) is 0 Å². The summed E-state index contributed by atoms with van der Waals surface area (Å²) in [7, 11) is 0. The maximum Gasteiger partial charge on any atom is 0.326 e. The number of aliphatic hydroxyl groups is 3. The summed E-state index contributed by atoms with van der Waals surface area (Å²) in [5.41, 5.74) is 4.99. The highest BCUT2D eigenvalue weighted by atomic mass is 16.6. The number of carbonyl (C=O) groups is 5. The average Bonchev–Trinajstić information content (AvgIpc) is 2.74. The second-order valence-electron chi connectivity index (χ2n) is 7.84. The van der Waals surface area contributed by atoms with Crippen molar-refractivity contribution in [1.29, 1.82) is 0 Å². The zero-order chi connectivity index (χ0) is 26.2. The molecule has 0 aromatic carbocycles. The van der Waals surface area contributed by atoms with Crippen molar-refractivity contribution in [3.8, 4) is 0 Å². The molecular formula is C19H32N4O11. The minimum atomic E-state index is -1.65. The van der Waals surface area contributed by atoms with Gasteiger partial charge >= 0.3 is 5.97 Å². The van der Waals surface area contributed by atoms with E-state index in [0.717, 1.165) is 6.92 Å². The fraction of sp³-hybridized carbons (Fsp3) is 0.737. The number of carboxylic acid groups (broad SMARTS) is 1. The molecule has 4 amide bonds. The van der Waals surface area contributed by atoms with Gasteiger partial charge in [0.15, 0.2) is 6.29 Å². The molecule has 1 heterocycles. The fourth-order valence-electron chi connectivity index (χ4n) is 3.17. The summed E-state index contributed by atoms with van der Waals surface area (Å²) < 4.78 is 10.6. The van der Waals surface area contributed by atoms with Gasteiger partial charge in [-0.3, -0.25) is 19.2 Å². The highest BCUT2D eigenvalue weighted by Crippen LogP contribution is 2.23. The van der Waals surface area contributed by atoms with Crippen molar-refractivity contribution in [3.05, 3.63) is 0 Å². The van der Waals surface area contributed by atoms with Crippen molar-refractivity contribution in [2.75, 3.05) is 6.61 Å². The molecule has 1 aliphatic heterocycles. The molecule has 0 aromatic heterocycles. The van der Waals surface area contributed by atoms with Crippen molar-refractivity contribution in [1.82, 2.24) is 16.0 Å². The fourth-order valence-corrected chi connectivity index (χ4v) is 3.17. The van der Waals surface area contributed by atoms with Crippen LogP contribution in [0.2, 0.25) is 0 Å². The molecule has 1 fully saturated rings. The number of carboxylic acids is 1. The van der Waals surface area contributed by atoms with Crippen LogP contribution in [-0.4, -0.2) is 105 Å². The number of aliphatic hydroxyl groups excluding tert-OH is 3. The van der Waals surface area contributed by atoms with Crippen LogP contribution in [0.25, 0.3) is 0 Å². The molecule has 1 aliphatic rings. The van der Waals surface area contributed by atoms with Gasteiger partial charge in [0, 0.05) is 13.3 Å². The first-order chi connectivity index (χ1) is 15.8. The van der Waals surface area contributed by atoms with E-state index in [2.05, 4.69) is 16.0 Å². The first-order valence-corrected chi connectivity index (χ1v) is 10.4. The molecule has 1 saturated heterocycles. The number of nitrogens with one attached hydrogen (secondary N) is 3. The molecule has 0 aliphatic carbocycles. The molecule has 0 aromatic rings. The van der Waals surface area contributed by atoms with E-state index in [4.69, 9.17) is 20.3 Å². The Morgan fingerprint density at radius 1 is 1.09 bits per heavy atom. The minimum Gasteiger partial charge on any atom is -0.480 e. The minimum absolute atomic E-state index is 0.239. The predicted octanol–water partition coefficient (Wildman–Crippen LogP) is -4.33. The summed E-state index contributed by atoms with van der Waals surface area (Å²) in [6, 6.07) is -3.89. The lowest BCUT2D eigenvalue weighted by Crippen LogP contribution is -2.65. The molecule has 15 heteroatoms. The third-order valence-corrected chi connectivity index (χ3v) is 5.02. The molecule has 1 unspecified atom stereocenters. The maximum atomic E-state index is 12.5. The van der Waals surface area contributed by atoms with Crippen LogP contribution < -0.4 is 21.7 Å². The first-order valence-electron chi connectivity index (χ1n) is 10.4. The van der Waals surface area contributed by atoms with E-state index in [0.29, 0.717) is 0 Å². The number of hydrogen-bond acceptors (Lipinski definition) is 10. The van der Waals surface area contributed by atoms with E-state index in [-0.39, 0.29) is 12.8 Å². The molecule has 1 rings (SSSR count). The molecule has 9 N–H and O–H groups in total. The molecule has 0 radical (unpaired) electrons. The lowest BCUT2D eigenvalue weighted by molar-refractivity contribution is -0.266. The Balaban J connectivity index is 2.80. The molecule has 0 bridgehead atoms. The smallest absolute Gasteiger partial charge is 0.326 e. The quantitative estimate of drug-likeness (QED) is 0.129. The number of aliphatic carboxylic acids is 1. The lowest BCUT2D eigenvalue weighted by atomic mass is 9.96. The van der Waals surface area contributed by atoms with Crippen LogP contribution in [0.3, 0.4) is 0 Å². The van der Waals surface area contributed by atoms with Crippen LogP contribution in [0.4, 0.5) is 0 Å². The number of amides is 4. The predicted molar refractivity (Wildman–Crippen MR) is 112 cm³/mol. The molecule has 0 saturated carbocycles. The number of carbonyl (C=O) groups excluding carboxylic acids is 4. The van der Waals surface area contributed by atoms with Crippen molar-refractivity contribution in [3.63, 3.8) is 0 Å². The highest BCUT2D eigenvalue weighted by Gasteiger charge is 2.47. The van der Waals surface area contributed by atoms with Gasteiger partial charge in [-0.1, -0.05) is 0 Å². The summed E-state index contributed by atoms with van der Waals surface area (Å²) in [5, 5.41) is 45.9. The van der Waals surface area contributed by atoms with Gasteiger partial charge in [0.05, 0.1) is 6.61 Å². The second kappa shape index (κ2) is 13.1. The summed E-state index contributed by atoms with van der Waals surface area (Å²) in [4.78, 5) is 58.4. The van der Waals surface area contributed by atoms with E-state index >= 15 is 0 Å². The van der Waals surface area contributed by atoms with E-state index in [1.807, 2.05) is 0 Å². The lowest BCUT2D eigenvalue weighted by Gasteiger charge is -2.43. The van der Waals surface area contributed by atoms with E-state index in [1.54, 1.807) is 0 Å². The number of primary amides is 1. The van der Waals surface area contributed by atoms with Crippen LogP contribution >= 0.6 is 0 Å².